The summed E-state index contributed by atoms with van der Waals surface area (Å²) < 4.78 is 7.79. The Balaban J connectivity index is 0.000000208. The van der Waals surface area contributed by atoms with Gasteiger partial charge in [0.1, 0.15) is 0 Å². The van der Waals surface area contributed by atoms with Gasteiger partial charge in [-0.3, -0.25) is 0 Å². The third-order valence-corrected chi connectivity index (χ3v) is 16.1. The van der Waals surface area contributed by atoms with E-state index in [1.54, 1.807) is 4.40 Å². The van der Waals surface area contributed by atoms with Gasteiger partial charge < -0.3 is 9.40 Å². The van der Waals surface area contributed by atoms with Crippen LogP contribution < -0.4 is 4.40 Å². The number of pyridine rings is 3. The van der Waals surface area contributed by atoms with Gasteiger partial charge in [-0.05, 0) is 53.6 Å². The first kappa shape index (κ1) is 43.0. The molecule has 0 atom stereocenters. The van der Waals surface area contributed by atoms with Crippen LogP contribution in [0.15, 0.2) is 77.5 Å². The molecule has 4 aromatic heterocycles. The molecule has 4 heterocycles. The summed E-state index contributed by atoms with van der Waals surface area (Å²) in [5.41, 5.74) is 11.1. The number of fused-ring (bicyclic) bond motifs is 3. The van der Waals surface area contributed by atoms with Crippen molar-refractivity contribution >= 4 is 39.7 Å². The zero-order valence-corrected chi connectivity index (χ0v) is 39.4. The number of aromatic nitrogens is 3. The van der Waals surface area contributed by atoms with E-state index in [4.69, 9.17) is 14.4 Å². The third-order valence-electron chi connectivity index (χ3n) is 11.8. The molecule has 1 aliphatic rings. The minimum atomic E-state index is -1.91. The van der Waals surface area contributed by atoms with Gasteiger partial charge in [0.15, 0.2) is 0 Å². The van der Waals surface area contributed by atoms with Crippen molar-refractivity contribution in [2.75, 3.05) is 0 Å². The fourth-order valence-corrected chi connectivity index (χ4v) is 11.3. The van der Waals surface area contributed by atoms with E-state index in [2.05, 4.69) is 138 Å². The fourth-order valence-electron chi connectivity index (χ4n) is 8.00. The molecule has 7 rings (SSSR count). The van der Waals surface area contributed by atoms with Crippen molar-refractivity contribution in [3.05, 3.63) is 108 Å². The molecule has 0 bridgehead atoms. The van der Waals surface area contributed by atoms with E-state index in [-0.39, 0.29) is 25.5 Å². The fraction of sp³-hybridized carbons (Fsp3) is 0.449. The molecular formula is C49H61GeIrN3O-2. The largest absolute Gasteiger partial charge is 0.486 e. The first-order chi connectivity index (χ1) is 25.8. The van der Waals surface area contributed by atoms with E-state index in [9.17, 15) is 0 Å². The Bertz CT molecular complexity index is 2190. The van der Waals surface area contributed by atoms with E-state index >= 15 is 0 Å². The van der Waals surface area contributed by atoms with Crippen molar-refractivity contribution in [1.29, 1.82) is 0 Å². The Morgan fingerprint density at radius 1 is 0.836 bits per heavy atom. The zero-order valence-electron chi connectivity index (χ0n) is 34.9. The van der Waals surface area contributed by atoms with Crippen molar-refractivity contribution in [2.24, 2.45) is 5.92 Å². The van der Waals surface area contributed by atoms with Crippen LogP contribution in [0.5, 0.6) is 0 Å². The molecule has 0 unspecified atom stereocenters. The Morgan fingerprint density at radius 2 is 1.56 bits per heavy atom. The van der Waals surface area contributed by atoms with Crippen LogP contribution in [0.3, 0.4) is 0 Å². The SMILES string of the molecule is CC(C)Cc1cc(-c2[c-]ccc(C3CCCCC3)c2)nc[c]1[Ge]([CH3])([CH3])[CH3].CCC(C)(CC)c1ccnc(-c2[c-]ccc3c2oc2nc(C(C)C)ccc23)c1.[Ir]. The van der Waals surface area contributed by atoms with Crippen LogP contribution in [0.2, 0.25) is 17.3 Å². The minimum absolute atomic E-state index is 0. The summed E-state index contributed by atoms with van der Waals surface area (Å²) >= 11 is -1.91. The second-order valence-corrected chi connectivity index (χ2v) is 28.2. The van der Waals surface area contributed by atoms with Gasteiger partial charge in [-0.1, -0.05) is 51.6 Å². The summed E-state index contributed by atoms with van der Waals surface area (Å²) in [6, 6.07) is 28.4. The van der Waals surface area contributed by atoms with Gasteiger partial charge in [0.2, 0.25) is 5.71 Å². The summed E-state index contributed by atoms with van der Waals surface area (Å²) in [7, 11) is 0. The first-order valence-corrected chi connectivity index (χ1v) is 27.9. The van der Waals surface area contributed by atoms with E-state index in [0.29, 0.717) is 17.5 Å². The number of benzene rings is 2. The maximum absolute atomic E-state index is 6.22. The maximum atomic E-state index is 6.22. The predicted octanol–water partition coefficient (Wildman–Crippen LogP) is 13.4. The summed E-state index contributed by atoms with van der Waals surface area (Å²) in [4.78, 5) is 14.3. The van der Waals surface area contributed by atoms with Gasteiger partial charge >= 0.3 is 163 Å². The molecule has 4 nitrogen and oxygen atoms in total. The van der Waals surface area contributed by atoms with Gasteiger partial charge in [0, 0.05) is 37.4 Å². The van der Waals surface area contributed by atoms with Crippen LogP contribution in [0.1, 0.15) is 128 Å². The molecule has 1 aliphatic carbocycles. The van der Waals surface area contributed by atoms with Crippen LogP contribution in [0, 0.1) is 18.1 Å². The monoisotopic (exact) mass is 974 g/mol. The third kappa shape index (κ3) is 9.89. The minimum Gasteiger partial charge on any atom is -0.486 e. The molecule has 55 heavy (non-hydrogen) atoms. The Hall–Kier alpha value is -3.12. The Morgan fingerprint density at radius 3 is 2.24 bits per heavy atom. The topological polar surface area (TPSA) is 51.8 Å². The van der Waals surface area contributed by atoms with Crippen molar-refractivity contribution in [2.45, 2.75) is 134 Å². The molecule has 293 valence electrons. The van der Waals surface area contributed by atoms with Gasteiger partial charge in [-0.25, -0.2) is 4.98 Å². The van der Waals surface area contributed by atoms with Crippen LogP contribution in [0.25, 0.3) is 44.6 Å². The van der Waals surface area contributed by atoms with Crippen LogP contribution in [0.4, 0.5) is 0 Å². The smallest absolute Gasteiger partial charge is 0.216 e. The molecule has 1 radical (unpaired) electrons. The zero-order chi connectivity index (χ0) is 38.6. The summed E-state index contributed by atoms with van der Waals surface area (Å²) in [6.45, 7) is 15.7. The molecule has 6 aromatic rings. The second kappa shape index (κ2) is 18.4. The number of hydrogen-bond acceptors (Lipinski definition) is 4. The van der Waals surface area contributed by atoms with Crippen molar-refractivity contribution in [3.8, 4) is 22.5 Å². The number of rotatable bonds is 10. The summed E-state index contributed by atoms with van der Waals surface area (Å²) in [5, 5.41) is 2.10. The molecule has 0 amide bonds. The number of furan rings is 1. The van der Waals surface area contributed by atoms with Gasteiger partial charge in [0.05, 0.1) is 5.58 Å². The van der Waals surface area contributed by atoms with E-state index in [1.165, 1.54) is 54.4 Å². The molecule has 0 spiro atoms. The number of nitrogens with zero attached hydrogens (tertiary/aromatic N) is 3. The molecule has 1 fully saturated rings. The van der Waals surface area contributed by atoms with Crippen LogP contribution in [-0.4, -0.2) is 28.2 Å². The molecule has 6 heteroatoms. The van der Waals surface area contributed by atoms with Crippen LogP contribution in [-0.2, 0) is 31.9 Å². The maximum Gasteiger partial charge on any atom is 0.216 e. The van der Waals surface area contributed by atoms with E-state index in [1.807, 2.05) is 18.3 Å². The Kier molecular flexibility index (Phi) is 14.4. The normalized spacial score (nSPS) is 14.0. The average Bonchev–Trinajstić information content (AvgIpc) is 3.56. The molecule has 2 aromatic carbocycles. The molecule has 0 N–H and O–H groups in total. The second-order valence-electron chi connectivity index (χ2n) is 17.6. The van der Waals surface area contributed by atoms with E-state index < -0.39 is 13.3 Å². The van der Waals surface area contributed by atoms with Crippen molar-refractivity contribution in [1.82, 2.24) is 15.0 Å². The molecular weight excluding hydrogens is 911 g/mol. The van der Waals surface area contributed by atoms with Gasteiger partial charge in [-0.15, -0.1) is 18.2 Å². The summed E-state index contributed by atoms with van der Waals surface area (Å²) in [6.07, 6.45) is 14.3. The van der Waals surface area contributed by atoms with Crippen molar-refractivity contribution in [3.63, 3.8) is 0 Å². The Labute approximate surface area is 347 Å². The molecule has 0 aliphatic heterocycles. The average molecular weight is 973 g/mol. The van der Waals surface area contributed by atoms with Crippen molar-refractivity contribution < 1.29 is 24.5 Å². The van der Waals surface area contributed by atoms with E-state index in [0.717, 1.165) is 64.2 Å². The molecule has 0 saturated heterocycles. The first-order valence-electron chi connectivity index (χ1n) is 20.5. The quantitative estimate of drug-likeness (QED) is 0.101. The van der Waals surface area contributed by atoms with Gasteiger partial charge in [-0.2, -0.15) is 0 Å². The predicted molar refractivity (Wildman–Crippen MR) is 231 cm³/mol. The number of hydrogen-bond donors (Lipinski definition) is 0. The van der Waals surface area contributed by atoms with Gasteiger partial charge in [0.25, 0.3) is 0 Å². The standard InChI is InChI=1S/C25H27N2O.C24H34GeN.Ir/c1-6-25(5,7-2)17-13-14-26-22(15-17)20-10-8-9-18-19-11-12-21(16(3)4)27-24(19)28-23(18)20;1-18(2)14-22-16-24(26-17-23(22)25(3,4)5)21-13-9-12-20(15-21)19-10-7-6-8-11-19;/h8-9,11-16H,6-7H2,1-5H3;9,12,15-19H,6-8,10-11,14H2,1-5H3;/q2*-1;. The molecule has 1 saturated carbocycles. The summed E-state index contributed by atoms with van der Waals surface area (Å²) in [5.74, 6) is 9.17. The van der Waals surface area contributed by atoms with Crippen LogP contribution >= 0.6 is 0 Å².